The zero-order chi connectivity index (χ0) is 25.0. The lowest BCUT2D eigenvalue weighted by Crippen LogP contribution is -2.39. The number of hydrogen-bond acceptors (Lipinski definition) is 5. The fourth-order valence-electron chi connectivity index (χ4n) is 3.08. The van der Waals surface area contributed by atoms with Gasteiger partial charge in [0.25, 0.3) is 0 Å². The second-order valence-corrected chi connectivity index (χ2v) is 7.23. The minimum Gasteiger partial charge on any atom is -0.480 e. The Labute approximate surface area is 185 Å². The molecule has 1 aliphatic rings. The highest BCUT2D eigenvalue weighted by Gasteiger charge is 2.44. The Kier molecular flexibility index (Phi) is 7.37. The quantitative estimate of drug-likeness (QED) is 0.665. The Morgan fingerprint density at radius 1 is 1.15 bits per heavy atom. The summed E-state index contributed by atoms with van der Waals surface area (Å²) in [5.41, 5.74) is -2.12. The average Bonchev–Trinajstić information content (AvgIpc) is 2.73. The Bertz CT molecular complexity index is 1180. The average molecular weight is 464 g/mol. The number of alkyl halides is 3. The number of rotatable bonds is 4. The van der Waals surface area contributed by atoms with E-state index in [-0.39, 0.29) is 23.1 Å². The second kappa shape index (κ2) is 9.63. The van der Waals surface area contributed by atoms with Gasteiger partial charge in [0, 0.05) is 24.3 Å². The van der Waals surface area contributed by atoms with Gasteiger partial charge in [-0.3, -0.25) is 14.4 Å². The monoisotopic (exact) mass is 464 g/mol. The zero-order valence-corrected chi connectivity index (χ0v) is 17.5. The SMILES string of the molecule is CC(=O)C1(C(=O)O)C=C(C)C=C(C(=O)O)C1.O=c1ccn(-c2cccc(C(F)(F)F)c2)nc1. The lowest BCUT2D eigenvalue weighted by molar-refractivity contribution is -0.151. The minimum atomic E-state index is -4.39. The summed E-state index contributed by atoms with van der Waals surface area (Å²) in [5.74, 6) is -3.07. The lowest BCUT2D eigenvalue weighted by Gasteiger charge is -2.27. The summed E-state index contributed by atoms with van der Waals surface area (Å²) in [4.78, 5) is 44.2. The van der Waals surface area contributed by atoms with Crippen molar-refractivity contribution in [3.63, 3.8) is 0 Å². The summed E-state index contributed by atoms with van der Waals surface area (Å²) in [6.07, 6.45) is 0.355. The van der Waals surface area contributed by atoms with Crippen LogP contribution in [0.5, 0.6) is 0 Å². The summed E-state index contributed by atoms with van der Waals surface area (Å²) in [5, 5.41) is 21.7. The molecule has 0 radical (unpaired) electrons. The summed E-state index contributed by atoms with van der Waals surface area (Å²) in [6, 6.07) is 5.95. The first-order valence-electron chi connectivity index (χ1n) is 9.36. The van der Waals surface area contributed by atoms with E-state index in [1.807, 2.05) is 0 Å². The van der Waals surface area contributed by atoms with Gasteiger partial charge in [0.15, 0.2) is 11.2 Å². The molecule has 0 saturated heterocycles. The van der Waals surface area contributed by atoms with Gasteiger partial charge in [-0.1, -0.05) is 17.7 Å². The molecular weight excluding hydrogens is 445 g/mol. The van der Waals surface area contributed by atoms with E-state index in [1.54, 1.807) is 6.92 Å². The van der Waals surface area contributed by atoms with E-state index < -0.39 is 34.9 Å². The van der Waals surface area contributed by atoms with E-state index in [0.717, 1.165) is 25.3 Å². The highest BCUT2D eigenvalue weighted by Crippen LogP contribution is 2.35. The molecule has 1 unspecified atom stereocenters. The van der Waals surface area contributed by atoms with Gasteiger partial charge in [0.1, 0.15) is 5.41 Å². The molecule has 8 nitrogen and oxygen atoms in total. The Hall–Kier alpha value is -4.02. The van der Waals surface area contributed by atoms with E-state index >= 15 is 0 Å². The van der Waals surface area contributed by atoms with Crippen LogP contribution >= 0.6 is 0 Å². The van der Waals surface area contributed by atoms with Gasteiger partial charge >= 0.3 is 18.1 Å². The van der Waals surface area contributed by atoms with E-state index in [0.29, 0.717) is 5.57 Å². The van der Waals surface area contributed by atoms with Crippen molar-refractivity contribution in [1.82, 2.24) is 9.78 Å². The van der Waals surface area contributed by atoms with Crippen LogP contribution in [-0.2, 0) is 20.6 Å². The van der Waals surface area contributed by atoms with Crippen LogP contribution < -0.4 is 5.43 Å². The number of carbonyl (C=O) groups excluding carboxylic acids is 1. The predicted octanol–water partition coefficient (Wildman–Crippen LogP) is 3.26. The smallest absolute Gasteiger partial charge is 0.416 e. The summed E-state index contributed by atoms with van der Waals surface area (Å²) in [7, 11) is 0. The molecule has 174 valence electrons. The Morgan fingerprint density at radius 3 is 2.30 bits per heavy atom. The van der Waals surface area contributed by atoms with Crippen LogP contribution in [0.2, 0.25) is 0 Å². The van der Waals surface area contributed by atoms with E-state index in [1.165, 1.54) is 41.2 Å². The molecule has 2 N–H and O–H groups in total. The molecule has 0 fully saturated rings. The van der Waals surface area contributed by atoms with Crippen LogP contribution in [0, 0.1) is 5.41 Å². The Balaban J connectivity index is 0.000000234. The number of halogens is 3. The number of carboxylic acids is 2. The van der Waals surface area contributed by atoms with Crippen LogP contribution in [0.15, 0.2) is 70.8 Å². The maximum atomic E-state index is 12.5. The fourth-order valence-corrected chi connectivity index (χ4v) is 3.08. The molecule has 0 amide bonds. The summed E-state index contributed by atoms with van der Waals surface area (Å²) >= 11 is 0. The van der Waals surface area contributed by atoms with E-state index in [4.69, 9.17) is 10.2 Å². The molecule has 1 aliphatic carbocycles. The van der Waals surface area contributed by atoms with Crippen molar-refractivity contribution < 1.29 is 37.8 Å². The highest BCUT2D eigenvalue weighted by atomic mass is 19.4. The third-order valence-electron chi connectivity index (χ3n) is 4.76. The first-order chi connectivity index (χ1) is 15.3. The third kappa shape index (κ3) is 6.03. The number of ketones is 1. The maximum absolute atomic E-state index is 12.5. The molecule has 11 heteroatoms. The summed E-state index contributed by atoms with van der Waals surface area (Å²) in [6.45, 7) is 2.73. The van der Waals surface area contributed by atoms with Gasteiger partial charge in [0.05, 0.1) is 17.4 Å². The van der Waals surface area contributed by atoms with Crippen LogP contribution in [0.1, 0.15) is 25.8 Å². The Morgan fingerprint density at radius 2 is 1.82 bits per heavy atom. The topological polar surface area (TPSA) is 127 Å². The molecule has 33 heavy (non-hydrogen) atoms. The number of allylic oxidation sites excluding steroid dienone is 2. The van der Waals surface area contributed by atoms with Crippen LogP contribution in [0.3, 0.4) is 0 Å². The van der Waals surface area contributed by atoms with Gasteiger partial charge in [-0.05, 0) is 38.1 Å². The predicted molar refractivity (Wildman–Crippen MR) is 110 cm³/mol. The van der Waals surface area contributed by atoms with Crippen molar-refractivity contribution in [3.05, 3.63) is 81.8 Å². The molecule has 1 aromatic heterocycles. The molecule has 0 spiro atoms. The van der Waals surface area contributed by atoms with E-state index in [2.05, 4.69) is 5.10 Å². The molecule has 1 aromatic carbocycles. The number of carbonyl (C=O) groups is 3. The van der Waals surface area contributed by atoms with Gasteiger partial charge in [-0.2, -0.15) is 18.3 Å². The standard InChI is InChI=1S/C11H7F3N2O.C11H12O5/c12-11(13,14)8-2-1-3-9(6-8)16-5-4-10(17)7-15-16;1-6-3-8(9(13)14)5-11(4-6,7(2)12)10(15)16/h1-7H;3-4H,5H2,1-2H3,(H,13,14)(H,15,16). The van der Waals surface area contributed by atoms with Crippen molar-refractivity contribution >= 4 is 17.7 Å². The first-order valence-corrected chi connectivity index (χ1v) is 9.36. The first kappa shape index (κ1) is 25.2. The summed E-state index contributed by atoms with van der Waals surface area (Å²) < 4.78 is 38.6. The molecule has 1 heterocycles. The van der Waals surface area contributed by atoms with Crippen LogP contribution in [-0.4, -0.2) is 37.7 Å². The zero-order valence-electron chi connectivity index (χ0n) is 17.5. The van der Waals surface area contributed by atoms with Gasteiger partial charge in [-0.25, -0.2) is 9.48 Å². The number of hydrogen-bond donors (Lipinski definition) is 2. The molecule has 1 atom stereocenters. The number of benzene rings is 1. The van der Waals surface area contributed by atoms with Crippen molar-refractivity contribution in [2.75, 3.05) is 0 Å². The van der Waals surface area contributed by atoms with Gasteiger partial charge < -0.3 is 10.2 Å². The number of aromatic nitrogens is 2. The molecule has 0 saturated carbocycles. The molecule has 3 rings (SSSR count). The van der Waals surface area contributed by atoms with Gasteiger partial charge in [-0.15, -0.1) is 0 Å². The number of carboxylic acid groups (broad SMARTS) is 2. The van der Waals surface area contributed by atoms with Crippen LogP contribution in [0.25, 0.3) is 5.69 Å². The van der Waals surface area contributed by atoms with Crippen molar-refractivity contribution in [2.24, 2.45) is 5.41 Å². The fraction of sp³-hybridized carbons (Fsp3) is 0.227. The normalized spacial score (nSPS) is 17.7. The third-order valence-corrected chi connectivity index (χ3v) is 4.76. The second-order valence-electron chi connectivity index (χ2n) is 7.23. The number of nitrogens with zero attached hydrogens (tertiary/aromatic N) is 2. The molecular formula is C22H19F3N2O6. The van der Waals surface area contributed by atoms with Crippen molar-refractivity contribution in [2.45, 2.75) is 26.4 Å². The largest absolute Gasteiger partial charge is 0.480 e. The molecule has 0 aliphatic heterocycles. The number of Topliss-reactive ketones (excluding diaryl/α,β-unsaturated/α-hetero) is 1. The van der Waals surface area contributed by atoms with Crippen LogP contribution in [0.4, 0.5) is 13.2 Å². The van der Waals surface area contributed by atoms with E-state index in [9.17, 15) is 32.3 Å². The maximum Gasteiger partial charge on any atom is 0.416 e. The lowest BCUT2D eigenvalue weighted by atomic mass is 9.73. The highest BCUT2D eigenvalue weighted by molar-refractivity contribution is 6.06. The minimum absolute atomic E-state index is 0.0578. The van der Waals surface area contributed by atoms with Gasteiger partial charge in [0.2, 0.25) is 0 Å². The van der Waals surface area contributed by atoms with Crippen molar-refractivity contribution in [3.8, 4) is 5.69 Å². The molecule has 2 aromatic rings. The number of aliphatic carboxylic acids is 2. The van der Waals surface area contributed by atoms with Crippen molar-refractivity contribution in [1.29, 1.82) is 0 Å². The molecule has 0 bridgehead atoms.